The van der Waals surface area contributed by atoms with Crippen molar-refractivity contribution in [2.45, 2.75) is 39.0 Å². The Morgan fingerprint density at radius 2 is 2.04 bits per heavy atom. The molecule has 2 fully saturated rings. The molecule has 1 aromatic rings. The Labute approximate surface area is 153 Å². The van der Waals surface area contributed by atoms with Gasteiger partial charge in [0.1, 0.15) is 0 Å². The van der Waals surface area contributed by atoms with Crippen molar-refractivity contribution in [3.05, 3.63) is 33.8 Å². The fraction of sp³-hybridized carbons (Fsp3) is 0.611. The average Bonchev–Trinajstić information content (AvgIpc) is 2.97. The van der Waals surface area contributed by atoms with Crippen molar-refractivity contribution < 1.29 is 4.79 Å². The number of halogens is 2. The highest BCUT2D eigenvalue weighted by Gasteiger charge is 2.37. The third kappa shape index (κ3) is 4.49. The molecule has 0 aliphatic carbocycles. The molecule has 0 radical (unpaired) electrons. The quantitative estimate of drug-likeness (QED) is 0.837. The molecule has 0 bridgehead atoms. The molecule has 2 aliphatic heterocycles. The van der Waals surface area contributed by atoms with Crippen molar-refractivity contribution >= 4 is 34.2 Å². The van der Waals surface area contributed by atoms with Gasteiger partial charge in [0.2, 0.25) is 5.91 Å². The zero-order valence-corrected chi connectivity index (χ0v) is 16.1. The van der Waals surface area contributed by atoms with Crippen LogP contribution in [0.5, 0.6) is 0 Å². The molecule has 1 amide bonds. The zero-order chi connectivity index (χ0) is 15.6. The number of nitrogens with zero attached hydrogens (tertiary/aromatic N) is 1. The van der Waals surface area contributed by atoms with Gasteiger partial charge in [-0.05, 0) is 61.8 Å². The van der Waals surface area contributed by atoms with Crippen LogP contribution in [0.4, 0.5) is 0 Å². The summed E-state index contributed by atoms with van der Waals surface area (Å²) >= 11 is 3.52. The highest BCUT2D eigenvalue weighted by molar-refractivity contribution is 9.10. The molecular weight excluding hydrogens is 376 g/mol. The number of nitrogens with one attached hydrogen (secondary N) is 1. The van der Waals surface area contributed by atoms with Crippen molar-refractivity contribution in [2.24, 2.45) is 5.41 Å². The van der Waals surface area contributed by atoms with E-state index in [1.54, 1.807) is 0 Å². The van der Waals surface area contributed by atoms with E-state index in [9.17, 15) is 4.79 Å². The van der Waals surface area contributed by atoms with Gasteiger partial charge in [0.25, 0.3) is 0 Å². The lowest BCUT2D eigenvalue weighted by Crippen LogP contribution is -2.44. The molecule has 128 valence electrons. The summed E-state index contributed by atoms with van der Waals surface area (Å²) in [6, 6.07) is 6.36. The minimum Gasteiger partial charge on any atom is -0.343 e. The second-order valence-electron chi connectivity index (χ2n) is 6.89. The molecule has 0 unspecified atom stereocenters. The van der Waals surface area contributed by atoms with E-state index in [1.807, 2.05) is 0 Å². The Morgan fingerprint density at radius 1 is 1.30 bits per heavy atom. The van der Waals surface area contributed by atoms with Crippen LogP contribution in [-0.2, 0) is 11.2 Å². The lowest BCUT2D eigenvalue weighted by molar-refractivity contribution is -0.133. The van der Waals surface area contributed by atoms with E-state index in [2.05, 4.69) is 51.3 Å². The van der Waals surface area contributed by atoms with E-state index >= 15 is 0 Å². The summed E-state index contributed by atoms with van der Waals surface area (Å²) in [5.74, 6) is 0.321. The van der Waals surface area contributed by atoms with Crippen LogP contribution in [0.2, 0.25) is 0 Å². The van der Waals surface area contributed by atoms with Crippen LogP contribution in [0, 0.1) is 12.3 Å². The van der Waals surface area contributed by atoms with Gasteiger partial charge >= 0.3 is 0 Å². The number of aryl methyl sites for hydroxylation is 2. The zero-order valence-electron chi connectivity index (χ0n) is 13.7. The number of carbonyl (C=O) groups is 1. The first kappa shape index (κ1) is 18.8. The number of likely N-dealkylation sites (tertiary alicyclic amines) is 1. The minimum atomic E-state index is 0. The first-order chi connectivity index (χ1) is 10.6. The van der Waals surface area contributed by atoms with Gasteiger partial charge in [0.15, 0.2) is 0 Å². The number of carbonyl (C=O) groups excluding carboxylic acids is 1. The molecule has 1 N–H and O–H groups in total. The topological polar surface area (TPSA) is 32.3 Å². The van der Waals surface area contributed by atoms with E-state index in [1.165, 1.54) is 30.4 Å². The highest BCUT2D eigenvalue weighted by atomic mass is 79.9. The number of hydrogen-bond donors (Lipinski definition) is 1. The van der Waals surface area contributed by atoms with Gasteiger partial charge in [-0.1, -0.05) is 28.1 Å². The van der Waals surface area contributed by atoms with Gasteiger partial charge in [0.05, 0.1) is 0 Å². The Hall–Kier alpha value is -0.580. The summed E-state index contributed by atoms with van der Waals surface area (Å²) in [6.45, 7) is 6.28. The van der Waals surface area contributed by atoms with Gasteiger partial charge in [-0.3, -0.25) is 4.79 Å². The maximum Gasteiger partial charge on any atom is 0.222 e. The molecule has 3 rings (SSSR count). The van der Waals surface area contributed by atoms with Crippen molar-refractivity contribution in [1.29, 1.82) is 0 Å². The summed E-state index contributed by atoms with van der Waals surface area (Å²) in [4.78, 5) is 14.5. The highest BCUT2D eigenvalue weighted by Crippen LogP contribution is 2.37. The number of piperidine rings is 1. The molecule has 1 aromatic carbocycles. The second-order valence-corrected chi connectivity index (χ2v) is 7.75. The van der Waals surface area contributed by atoms with Crippen LogP contribution in [0.25, 0.3) is 0 Å². The molecule has 3 nitrogen and oxygen atoms in total. The predicted molar refractivity (Wildman–Crippen MR) is 100 cm³/mol. The number of rotatable bonds is 3. The molecule has 2 heterocycles. The summed E-state index contributed by atoms with van der Waals surface area (Å²) < 4.78 is 1.13. The first-order valence-corrected chi connectivity index (χ1v) is 9.11. The van der Waals surface area contributed by atoms with Crippen LogP contribution in [0.15, 0.2) is 22.7 Å². The molecule has 1 spiro atoms. The standard InChI is InChI=1S/C18H25BrN2O.ClH/c1-14-12-15(2-4-16(14)19)3-5-17(22)21-10-7-18(8-11-21)6-9-20-13-18;/h2,4,12,20H,3,5-11,13H2,1H3;1H. The molecular formula is C18H26BrClN2O. The van der Waals surface area contributed by atoms with Crippen LogP contribution in [-0.4, -0.2) is 37.0 Å². The molecule has 23 heavy (non-hydrogen) atoms. The maximum absolute atomic E-state index is 12.4. The molecule has 0 saturated carbocycles. The predicted octanol–water partition coefficient (Wildman–Crippen LogP) is 3.71. The number of amides is 1. The van der Waals surface area contributed by atoms with E-state index in [4.69, 9.17) is 0 Å². The summed E-state index contributed by atoms with van der Waals surface area (Å²) in [5, 5.41) is 3.48. The minimum absolute atomic E-state index is 0. The van der Waals surface area contributed by atoms with Crippen molar-refractivity contribution in [3.8, 4) is 0 Å². The lowest BCUT2D eigenvalue weighted by atomic mass is 9.78. The van der Waals surface area contributed by atoms with E-state index in [0.717, 1.165) is 37.1 Å². The fourth-order valence-corrected chi connectivity index (χ4v) is 3.97. The molecule has 2 aliphatic rings. The summed E-state index contributed by atoms with van der Waals surface area (Å²) in [7, 11) is 0. The fourth-order valence-electron chi connectivity index (χ4n) is 3.72. The third-order valence-corrected chi connectivity index (χ3v) is 6.25. The van der Waals surface area contributed by atoms with Crippen LogP contribution in [0.3, 0.4) is 0 Å². The summed E-state index contributed by atoms with van der Waals surface area (Å²) in [6.07, 6.45) is 5.10. The Morgan fingerprint density at radius 3 is 2.65 bits per heavy atom. The van der Waals surface area contributed by atoms with Gasteiger partial charge < -0.3 is 10.2 Å². The monoisotopic (exact) mass is 400 g/mol. The molecule has 0 aromatic heterocycles. The number of benzene rings is 1. The van der Waals surface area contributed by atoms with Crippen molar-refractivity contribution in [2.75, 3.05) is 26.2 Å². The van der Waals surface area contributed by atoms with E-state index < -0.39 is 0 Å². The number of hydrogen-bond acceptors (Lipinski definition) is 2. The summed E-state index contributed by atoms with van der Waals surface area (Å²) in [5.41, 5.74) is 2.97. The van der Waals surface area contributed by atoms with Gasteiger partial charge in [-0.25, -0.2) is 0 Å². The smallest absolute Gasteiger partial charge is 0.222 e. The van der Waals surface area contributed by atoms with Crippen molar-refractivity contribution in [1.82, 2.24) is 10.2 Å². The second kappa shape index (κ2) is 8.00. The van der Waals surface area contributed by atoms with Crippen LogP contribution in [0.1, 0.15) is 36.8 Å². The van der Waals surface area contributed by atoms with Gasteiger partial charge in [-0.15, -0.1) is 12.4 Å². The maximum atomic E-state index is 12.4. The van der Waals surface area contributed by atoms with E-state index in [-0.39, 0.29) is 12.4 Å². The Balaban J connectivity index is 0.00000192. The van der Waals surface area contributed by atoms with Gasteiger partial charge in [-0.2, -0.15) is 0 Å². The third-order valence-electron chi connectivity index (χ3n) is 5.36. The Bertz CT molecular complexity index is 548. The van der Waals surface area contributed by atoms with Crippen LogP contribution < -0.4 is 5.32 Å². The largest absolute Gasteiger partial charge is 0.343 e. The lowest BCUT2D eigenvalue weighted by Gasteiger charge is -2.39. The van der Waals surface area contributed by atoms with E-state index in [0.29, 0.717) is 17.7 Å². The normalized spacial score (nSPS) is 19.7. The Kier molecular flexibility index (Phi) is 6.52. The first-order valence-electron chi connectivity index (χ1n) is 8.32. The molecule has 2 saturated heterocycles. The van der Waals surface area contributed by atoms with Crippen LogP contribution >= 0.6 is 28.3 Å². The average molecular weight is 402 g/mol. The van der Waals surface area contributed by atoms with Crippen molar-refractivity contribution in [3.63, 3.8) is 0 Å². The molecule has 0 atom stereocenters. The molecule has 5 heteroatoms. The SMILES string of the molecule is Cc1cc(CCC(=O)N2CCC3(CCNC3)CC2)ccc1Br.Cl. The van der Waals surface area contributed by atoms with Gasteiger partial charge in [0, 0.05) is 30.5 Å².